The molecule has 1 amide bonds. The molecule has 5 heteroatoms. The predicted octanol–water partition coefficient (Wildman–Crippen LogP) is 2.95. The summed E-state index contributed by atoms with van der Waals surface area (Å²) in [5, 5.41) is 6.75. The standard InChI is InChI=1S/C14H15NO3S/c1-17-11-3-4-13(18-2)12(8-11)15-14(16)7-10-5-6-19-9-10/h3-6,8-9H,7H2,1-2H3,(H,15,16). The van der Waals surface area contributed by atoms with E-state index < -0.39 is 0 Å². The zero-order valence-electron chi connectivity index (χ0n) is 10.8. The van der Waals surface area contributed by atoms with Crippen LogP contribution in [0.2, 0.25) is 0 Å². The second-order valence-corrected chi connectivity index (χ2v) is 4.70. The Balaban J connectivity index is 2.10. The predicted molar refractivity (Wildman–Crippen MR) is 76.2 cm³/mol. The van der Waals surface area contributed by atoms with Crippen LogP contribution in [0, 0.1) is 0 Å². The number of rotatable bonds is 5. The Labute approximate surface area is 116 Å². The van der Waals surface area contributed by atoms with Crippen LogP contribution in [0.4, 0.5) is 5.69 Å². The molecule has 0 fully saturated rings. The lowest BCUT2D eigenvalue weighted by molar-refractivity contribution is -0.115. The van der Waals surface area contributed by atoms with Crippen LogP contribution in [-0.2, 0) is 11.2 Å². The largest absolute Gasteiger partial charge is 0.497 e. The quantitative estimate of drug-likeness (QED) is 0.914. The molecule has 1 aromatic carbocycles. The Kier molecular flexibility index (Phi) is 4.41. The normalized spacial score (nSPS) is 10.0. The smallest absolute Gasteiger partial charge is 0.228 e. The minimum atomic E-state index is -0.0787. The molecule has 1 heterocycles. The van der Waals surface area contributed by atoms with Gasteiger partial charge >= 0.3 is 0 Å². The highest BCUT2D eigenvalue weighted by Gasteiger charge is 2.09. The molecule has 0 radical (unpaired) electrons. The van der Waals surface area contributed by atoms with E-state index in [4.69, 9.17) is 9.47 Å². The van der Waals surface area contributed by atoms with E-state index >= 15 is 0 Å². The van der Waals surface area contributed by atoms with Gasteiger partial charge in [-0.05, 0) is 34.5 Å². The number of amides is 1. The molecule has 2 rings (SSSR count). The van der Waals surface area contributed by atoms with Crippen molar-refractivity contribution in [1.29, 1.82) is 0 Å². The molecule has 0 aliphatic heterocycles. The molecule has 0 unspecified atom stereocenters. The lowest BCUT2D eigenvalue weighted by Crippen LogP contribution is -2.14. The second-order valence-electron chi connectivity index (χ2n) is 3.92. The molecule has 100 valence electrons. The van der Waals surface area contributed by atoms with E-state index in [1.807, 2.05) is 16.8 Å². The Hall–Kier alpha value is -2.01. The van der Waals surface area contributed by atoms with Gasteiger partial charge in [0.1, 0.15) is 11.5 Å². The molecule has 2 aromatic rings. The molecular formula is C14H15NO3S. The lowest BCUT2D eigenvalue weighted by Gasteiger charge is -2.11. The van der Waals surface area contributed by atoms with E-state index in [-0.39, 0.29) is 5.91 Å². The van der Waals surface area contributed by atoms with Crippen LogP contribution in [0.15, 0.2) is 35.0 Å². The van der Waals surface area contributed by atoms with Gasteiger partial charge < -0.3 is 14.8 Å². The molecule has 1 aromatic heterocycles. The minimum Gasteiger partial charge on any atom is -0.497 e. The number of benzene rings is 1. The number of methoxy groups -OCH3 is 2. The summed E-state index contributed by atoms with van der Waals surface area (Å²) in [4.78, 5) is 11.9. The Morgan fingerprint density at radius 1 is 1.26 bits per heavy atom. The summed E-state index contributed by atoms with van der Waals surface area (Å²) in [5.74, 6) is 1.20. The van der Waals surface area contributed by atoms with Crippen molar-refractivity contribution in [1.82, 2.24) is 0 Å². The third-order valence-corrected chi connectivity index (χ3v) is 3.36. The van der Waals surface area contributed by atoms with Crippen molar-refractivity contribution in [2.45, 2.75) is 6.42 Å². The minimum absolute atomic E-state index is 0.0787. The van der Waals surface area contributed by atoms with Gasteiger partial charge in [0.25, 0.3) is 0 Å². The van der Waals surface area contributed by atoms with Crippen LogP contribution < -0.4 is 14.8 Å². The maximum atomic E-state index is 11.9. The number of thiophene rings is 1. The maximum absolute atomic E-state index is 11.9. The Morgan fingerprint density at radius 3 is 2.74 bits per heavy atom. The van der Waals surface area contributed by atoms with Gasteiger partial charge in [-0.15, -0.1) is 0 Å². The zero-order chi connectivity index (χ0) is 13.7. The van der Waals surface area contributed by atoms with Gasteiger partial charge in [-0.3, -0.25) is 4.79 Å². The fraction of sp³-hybridized carbons (Fsp3) is 0.214. The van der Waals surface area contributed by atoms with Gasteiger partial charge in [0.05, 0.1) is 26.3 Å². The molecule has 0 aliphatic rings. The van der Waals surface area contributed by atoms with Gasteiger partial charge in [-0.2, -0.15) is 11.3 Å². The van der Waals surface area contributed by atoms with E-state index in [1.165, 1.54) is 0 Å². The second kappa shape index (κ2) is 6.24. The van der Waals surface area contributed by atoms with Crippen LogP contribution >= 0.6 is 11.3 Å². The van der Waals surface area contributed by atoms with Crippen molar-refractivity contribution in [3.8, 4) is 11.5 Å². The fourth-order valence-corrected chi connectivity index (χ4v) is 2.35. The van der Waals surface area contributed by atoms with Crippen LogP contribution in [0.3, 0.4) is 0 Å². The first-order valence-electron chi connectivity index (χ1n) is 5.76. The molecular weight excluding hydrogens is 262 g/mol. The number of ether oxygens (including phenoxy) is 2. The van der Waals surface area contributed by atoms with Crippen molar-refractivity contribution >= 4 is 22.9 Å². The van der Waals surface area contributed by atoms with Crippen molar-refractivity contribution in [2.24, 2.45) is 0 Å². The average molecular weight is 277 g/mol. The molecule has 0 bridgehead atoms. The third-order valence-electron chi connectivity index (χ3n) is 2.63. The van der Waals surface area contributed by atoms with Crippen LogP contribution in [0.5, 0.6) is 11.5 Å². The first-order valence-corrected chi connectivity index (χ1v) is 6.70. The number of anilines is 1. The monoisotopic (exact) mass is 277 g/mol. The van der Waals surface area contributed by atoms with Crippen LogP contribution in [0.25, 0.3) is 0 Å². The van der Waals surface area contributed by atoms with E-state index in [1.54, 1.807) is 43.8 Å². The molecule has 1 N–H and O–H groups in total. The maximum Gasteiger partial charge on any atom is 0.228 e. The summed E-state index contributed by atoms with van der Waals surface area (Å²) in [5.41, 5.74) is 1.62. The van der Waals surface area contributed by atoms with Gasteiger partial charge in [-0.1, -0.05) is 0 Å². The van der Waals surface area contributed by atoms with Crippen molar-refractivity contribution in [2.75, 3.05) is 19.5 Å². The molecule has 0 spiro atoms. The summed E-state index contributed by atoms with van der Waals surface area (Å²) in [6, 6.07) is 7.23. The summed E-state index contributed by atoms with van der Waals surface area (Å²) in [6.07, 6.45) is 0.351. The number of carbonyl (C=O) groups excluding carboxylic acids is 1. The number of nitrogens with one attached hydrogen (secondary N) is 1. The number of carbonyl (C=O) groups is 1. The first kappa shape index (κ1) is 13.4. The molecule has 0 atom stereocenters. The van der Waals surface area contributed by atoms with Crippen molar-refractivity contribution in [3.63, 3.8) is 0 Å². The molecule has 0 saturated carbocycles. The first-order chi connectivity index (χ1) is 9.22. The Morgan fingerprint density at radius 2 is 2.11 bits per heavy atom. The van der Waals surface area contributed by atoms with E-state index in [0.29, 0.717) is 23.6 Å². The highest BCUT2D eigenvalue weighted by atomic mass is 32.1. The zero-order valence-corrected chi connectivity index (χ0v) is 11.6. The number of hydrogen-bond acceptors (Lipinski definition) is 4. The van der Waals surface area contributed by atoms with Crippen LogP contribution in [-0.4, -0.2) is 20.1 Å². The summed E-state index contributed by atoms with van der Waals surface area (Å²) in [6.45, 7) is 0. The SMILES string of the molecule is COc1ccc(OC)c(NC(=O)Cc2ccsc2)c1. The lowest BCUT2D eigenvalue weighted by atomic mass is 10.2. The average Bonchev–Trinajstić information content (AvgIpc) is 2.91. The molecule has 0 aliphatic carbocycles. The summed E-state index contributed by atoms with van der Waals surface area (Å²) < 4.78 is 10.3. The summed E-state index contributed by atoms with van der Waals surface area (Å²) >= 11 is 1.58. The molecule has 19 heavy (non-hydrogen) atoms. The molecule has 4 nitrogen and oxygen atoms in total. The number of hydrogen-bond donors (Lipinski definition) is 1. The third kappa shape index (κ3) is 3.48. The van der Waals surface area contributed by atoms with Crippen molar-refractivity contribution in [3.05, 3.63) is 40.6 Å². The van der Waals surface area contributed by atoms with E-state index in [2.05, 4.69) is 5.32 Å². The highest BCUT2D eigenvalue weighted by Crippen LogP contribution is 2.28. The van der Waals surface area contributed by atoms with Crippen LogP contribution in [0.1, 0.15) is 5.56 Å². The fourth-order valence-electron chi connectivity index (χ4n) is 1.68. The van der Waals surface area contributed by atoms with Gasteiger partial charge in [-0.25, -0.2) is 0 Å². The highest BCUT2D eigenvalue weighted by molar-refractivity contribution is 7.08. The Bertz CT molecular complexity index is 552. The van der Waals surface area contributed by atoms with Gasteiger partial charge in [0, 0.05) is 6.07 Å². The van der Waals surface area contributed by atoms with Crippen molar-refractivity contribution < 1.29 is 14.3 Å². The van der Waals surface area contributed by atoms with Gasteiger partial charge in [0.2, 0.25) is 5.91 Å². The summed E-state index contributed by atoms with van der Waals surface area (Å²) in [7, 11) is 3.15. The topological polar surface area (TPSA) is 47.6 Å². The van der Waals surface area contributed by atoms with Gasteiger partial charge in [0.15, 0.2) is 0 Å². The molecule has 0 saturated heterocycles. The van der Waals surface area contributed by atoms with E-state index in [9.17, 15) is 4.79 Å². The van der Waals surface area contributed by atoms with E-state index in [0.717, 1.165) is 5.56 Å².